The molecular formula is C21H24ClN3O2. The first-order valence-electron chi connectivity index (χ1n) is 9.24. The molecule has 0 aliphatic carbocycles. The largest absolute Gasteiger partial charge is 0.326 e. The van der Waals surface area contributed by atoms with E-state index in [-0.39, 0.29) is 30.1 Å². The highest BCUT2D eigenvalue weighted by Gasteiger charge is 2.25. The standard InChI is InChI=1S/C21H23N3O2.ClH/c25-20(17-5-3-12-22-14-17)23-18-9-7-16(8-10-18)21(26)24-13-11-15-4-1-2-6-19(15)24;/h1-2,4,6-10,17,22H,3,5,11-14H2,(H,23,25);1H. The van der Waals surface area contributed by atoms with Crippen molar-refractivity contribution in [3.63, 3.8) is 0 Å². The molecule has 1 saturated heterocycles. The van der Waals surface area contributed by atoms with Gasteiger partial charge in [0.25, 0.3) is 5.91 Å². The Labute approximate surface area is 165 Å². The second kappa shape index (κ2) is 8.55. The van der Waals surface area contributed by atoms with E-state index in [9.17, 15) is 9.59 Å². The van der Waals surface area contributed by atoms with Gasteiger partial charge in [-0.3, -0.25) is 9.59 Å². The maximum atomic E-state index is 12.8. The number of piperidine rings is 1. The van der Waals surface area contributed by atoms with Gasteiger partial charge < -0.3 is 15.5 Å². The lowest BCUT2D eigenvalue weighted by Gasteiger charge is -2.22. The third-order valence-corrected chi connectivity index (χ3v) is 5.20. The molecule has 2 aromatic rings. The number of nitrogens with one attached hydrogen (secondary N) is 2. The van der Waals surface area contributed by atoms with E-state index >= 15 is 0 Å². The number of nitrogens with zero attached hydrogens (tertiary/aromatic N) is 1. The summed E-state index contributed by atoms with van der Waals surface area (Å²) in [6, 6.07) is 15.2. The van der Waals surface area contributed by atoms with Crippen molar-refractivity contribution in [3.8, 4) is 0 Å². The zero-order chi connectivity index (χ0) is 17.9. The number of carbonyl (C=O) groups excluding carboxylic acids is 2. The number of anilines is 2. The van der Waals surface area contributed by atoms with Gasteiger partial charge in [-0.05, 0) is 61.7 Å². The summed E-state index contributed by atoms with van der Waals surface area (Å²) in [6.45, 7) is 2.43. The van der Waals surface area contributed by atoms with Gasteiger partial charge in [0.05, 0.1) is 5.92 Å². The Morgan fingerprint density at radius 3 is 2.59 bits per heavy atom. The maximum absolute atomic E-state index is 12.8. The number of amides is 2. The molecule has 2 amide bonds. The lowest BCUT2D eigenvalue weighted by Crippen LogP contribution is -2.37. The smallest absolute Gasteiger partial charge is 0.258 e. The molecular weight excluding hydrogens is 362 g/mol. The minimum atomic E-state index is 0. The van der Waals surface area contributed by atoms with E-state index in [0.29, 0.717) is 12.1 Å². The molecule has 0 spiro atoms. The van der Waals surface area contributed by atoms with E-state index in [1.807, 2.05) is 35.2 Å². The van der Waals surface area contributed by atoms with Gasteiger partial charge in [-0.15, -0.1) is 12.4 Å². The van der Waals surface area contributed by atoms with Crippen LogP contribution in [0.15, 0.2) is 48.5 Å². The van der Waals surface area contributed by atoms with Gasteiger partial charge in [0, 0.05) is 30.0 Å². The molecule has 142 valence electrons. The molecule has 0 saturated carbocycles. The Morgan fingerprint density at radius 2 is 1.85 bits per heavy atom. The number of fused-ring (bicyclic) bond motifs is 1. The second-order valence-corrected chi connectivity index (χ2v) is 6.95. The summed E-state index contributed by atoms with van der Waals surface area (Å²) < 4.78 is 0. The SMILES string of the molecule is Cl.O=C(Nc1ccc(C(=O)N2CCc3ccccc32)cc1)C1CCCNC1. The molecule has 1 atom stereocenters. The lowest BCUT2D eigenvalue weighted by molar-refractivity contribution is -0.120. The average molecular weight is 386 g/mol. The molecule has 2 heterocycles. The topological polar surface area (TPSA) is 61.4 Å². The fourth-order valence-electron chi connectivity index (χ4n) is 3.72. The first-order valence-corrected chi connectivity index (χ1v) is 9.24. The van der Waals surface area contributed by atoms with Crippen LogP contribution in [-0.2, 0) is 11.2 Å². The summed E-state index contributed by atoms with van der Waals surface area (Å²) in [4.78, 5) is 27.0. The first kappa shape index (κ1) is 19.4. The van der Waals surface area contributed by atoms with E-state index in [1.54, 1.807) is 12.1 Å². The lowest BCUT2D eigenvalue weighted by atomic mass is 9.99. The second-order valence-electron chi connectivity index (χ2n) is 6.95. The van der Waals surface area contributed by atoms with Crippen molar-refractivity contribution in [2.45, 2.75) is 19.3 Å². The van der Waals surface area contributed by atoms with Crippen LogP contribution in [0.25, 0.3) is 0 Å². The Balaban J connectivity index is 0.00000210. The minimum Gasteiger partial charge on any atom is -0.326 e. The van der Waals surface area contributed by atoms with Crippen LogP contribution in [0.2, 0.25) is 0 Å². The average Bonchev–Trinajstić information content (AvgIpc) is 3.13. The van der Waals surface area contributed by atoms with E-state index < -0.39 is 0 Å². The van der Waals surface area contributed by atoms with Gasteiger partial charge in [-0.1, -0.05) is 18.2 Å². The molecule has 0 radical (unpaired) electrons. The Bertz CT molecular complexity index is 816. The highest BCUT2D eigenvalue weighted by Crippen LogP contribution is 2.29. The van der Waals surface area contributed by atoms with Crippen LogP contribution in [0, 0.1) is 5.92 Å². The van der Waals surface area contributed by atoms with E-state index in [2.05, 4.69) is 16.7 Å². The third-order valence-electron chi connectivity index (χ3n) is 5.20. The quantitative estimate of drug-likeness (QED) is 0.852. The molecule has 5 nitrogen and oxygen atoms in total. The molecule has 2 aromatic carbocycles. The van der Waals surface area contributed by atoms with Gasteiger partial charge in [-0.25, -0.2) is 0 Å². The van der Waals surface area contributed by atoms with Crippen molar-refractivity contribution < 1.29 is 9.59 Å². The summed E-state index contributed by atoms with van der Waals surface area (Å²) in [5, 5.41) is 6.21. The predicted molar refractivity (Wildman–Crippen MR) is 110 cm³/mol. The van der Waals surface area contributed by atoms with Crippen molar-refractivity contribution >= 4 is 35.6 Å². The van der Waals surface area contributed by atoms with Crippen LogP contribution in [0.4, 0.5) is 11.4 Å². The third kappa shape index (κ3) is 4.15. The zero-order valence-corrected chi connectivity index (χ0v) is 15.9. The minimum absolute atomic E-state index is 0. The van der Waals surface area contributed by atoms with E-state index in [0.717, 1.165) is 43.7 Å². The Morgan fingerprint density at radius 1 is 1.07 bits per heavy atom. The van der Waals surface area contributed by atoms with Crippen molar-refractivity contribution in [1.82, 2.24) is 5.32 Å². The number of para-hydroxylation sites is 1. The summed E-state index contributed by atoms with van der Waals surface area (Å²) in [6.07, 6.45) is 2.85. The van der Waals surface area contributed by atoms with E-state index in [4.69, 9.17) is 0 Å². The molecule has 2 aliphatic heterocycles. The monoisotopic (exact) mass is 385 g/mol. The van der Waals surface area contributed by atoms with Gasteiger partial charge in [0.15, 0.2) is 0 Å². The first-order chi connectivity index (χ1) is 12.7. The van der Waals surface area contributed by atoms with Crippen LogP contribution >= 0.6 is 12.4 Å². The molecule has 2 aliphatic rings. The molecule has 6 heteroatoms. The molecule has 27 heavy (non-hydrogen) atoms. The van der Waals surface area contributed by atoms with Crippen LogP contribution in [0.3, 0.4) is 0 Å². The summed E-state index contributed by atoms with van der Waals surface area (Å²) in [7, 11) is 0. The molecule has 4 rings (SSSR count). The molecule has 2 N–H and O–H groups in total. The Kier molecular flexibility index (Phi) is 6.14. The van der Waals surface area contributed by atoms with Gasteiger partial charge in [0.2, 0.25) is 5.91 Å². The van der Waals surface area contributed by atoms with Gasteiger partial charge in [-0.2, -0.15) is 0 Å². The fourth-order valence-corrected chi connectivity index (χ4v) is 3.72. The molecule has 1 fully saturated rings. The highest BCUT2D eigenvalue weighted by molar-refractivity contribution is 6.07. The molecule has 1 unspecified atom stereocenters. The van der Waals surface area contributed by atoms with Crippen molar-refractivity contribution in [2.24, 2.45) is 5.92 Å². The van der Waals surface area contributed by atoms with Gasteiger partial charge in [0.1, 0.15) is 0 Å². The van der Waals surface area contributed by atoms with Crippen LogP contribution < -0.4 is 15.5 Å². The number of benzene rings is 2. The van der Waals surface area contributed by atoms with Crippen LogP contribution in [0.1, 0.15) is 28.8 Å². The zero-order valence-electron chi connectivity index (χ0n) is 15.1. The highest BCUT2D eigenvalue weighted by atomic mass is 35.5. The van der Waals surface area contributed by atoms with Crippen LogP contribution in [-0.4, -0.2) is 31.4 Å². The predicted octanol–water partition coefficient (Wildman–Crippen LogP) is 3.25. The fraction of sp³-hybridized carbons (Fsp3) is 0.333. The number of hydrogen-bond donors (Lipinski definition) is 2. The summed E-state index contributed by atoms with van der Waals surface area (Å²) >= 11 is 0. The van der Waals surface area contributed by atoms with Crippen molar-refractivity contribution in [3.05, 3.63) is 59.7 Å². The summed E-state index contributed by atoms with van der Waals surface area (Å²) in [5.41, 5.74) is 3.59. The molecule has 0 bridgehead atoms. The normalized spacial score (nSPS) is 18.4. The number of halogens is 1. The van der Waals surface area contributed by atoms with Crippen molar-refractivity contribution in [2.75, 3.05) is 29.9 Å². The Hall–Kier alpha value is -2.37. The van der Waals surface area contributed by atoms with Gasteiger partial charge >= 0.3 is 0 Å². The summed E-state index contributed by atoms with van der Waals surface area (Å²) in [5.74, 6) is 0.0696. The maximum Gasteiger partial charge on any atom is 0.258 e. The van der Waals surface area contributed by atoms with E-state index in [1.165, 1.54) is 5.56 Å². The number of rotatable bonds is 3. The van der Waals surface area contributed by atoms with Crippen LogP contribution in [0.5, 0.6) is 0 Å². The number of hydrogen-bond acceptors (Lipinski definition) is 3. The van der Waals surface area contributed by atoms with Crippen molar-refractivity contribution in [1.29, 1.82) is 0 Å². The molecule has 0 aromatic heterocycles. The number of carbonyl (C=O) groups is 2.